The van der Waals surface area contributed by atoms with E-state index in [1.165, 1.54) is 4.90 Å². The molecular weight excluding hydrogens is 352 g/mol. The van der Waals surface area contributed by atoms with Crippen molar-refractivity contribution < 1.29 is 18.3 Å². The number of piperidine rings is 1. The number of hydrogen-bond acceptors (Lipinski definition) is 3. The molecule has 0 spiro atoms. The van der Waals surface area contributed by atoms with Gasteiger partial charge in [-0.1, -0.05) is 12.1 Å². The number of urea groups is 1. The Balaban J connectivity index is 1.63. The second-order valence-corrected chi connectivity index (χ2v) is 7.35. The molecule has 0 saturated carbocycles. The molecule has 0 bridgehead atoms. The molecule has 0 radical (unpaired) electrons. The molecule has 2 aliphatic rings. The summed E-state index contributed by atoms with van der Waals surface area (Å²) in [6.45, 7) is 4.63. The SMILES string of the molecule is CCOc1ccc([C@@H]2CCNC[C@@H]2NC(=O)N2CCCC(F)(F)CC2)cc1. The number of benzene rings is 1. The Morgan fingerprint density at radius 3 is 2.81 bits per heavy atom. The lowest BCUT2D eigenvalue weighted by Gasteiger charge is -2.35. The number of rotatable bonds is 4. The minimum atomic E-state index is -2.66. The molecule has 2 saturated heterocycles. The highest BCUT2D eigenvalue weighted by Gasteiger charge is 2.34. The molecule has 0 unspecified atom stereocenters. The maximum atomic E-state index is 13.6. The molecule has 0 aromatic heterocycles. The third-order valence-electron chi connectivity index (χ3n) is 5.42. The predicted octanol–water partition coefficient (Wildman–Crippen LogP) is 3.36. The number of alkyl halides is 2. The number of carbonyl (C=O) groups is 1. The van der Waals surface area contributed by atoms with E-state index < -0.39 is 5.92 Å². The molecule has 0 aliphatic carbocycles. The third kappa shape index (κ3) is 5.31. The van der Waals surface area contributed by atoms with Gasteiger partial charge in [0.25, 0.3) is 0 Å². The van der Waals surface area contributed by atoms with Crippen molar-refractivity contribution in [2.75, 3.05) is 32.8 Å². The highest BCUT2D eigenvalue weighted by atomic mass is 19.3. The molecule has 1 aromatic rings. The van der Waals surface area contributed by atoms with Crippen LogP contribution in [-0.2, 0) is 0 Å². The summed E-state index contributed by atoms with van der Waals surface area (Å²) in [5.41, 5.74) is 1.16. The smallest absolute Gasteiger partial charge is 0.317 e. The number of nitrogens with one attached hydrogen (secondary N) is 2. The van der Waals surface area contributed by atoms with Gasteiger partial charge in [-0.2, -0.15) is 0 Å². The van der Waals surface area contributed by atoms with Crippen molar-refractivity contribution in [2.45, 2.75) is 50.5 Å². The number of halogens is 2. The first-order valence-electron chi connectivity index (χ1n) is 9.85. The standard InChI is InChI=1S/C20H29F2N3O2/c1-2-27-16-6-4-15(5-7-16)17-8-11-23-14-18(17)24-19(26)25-12-3-9-20(21,22)10-13-25/h4-7,17-18,23H,2-3,8-14H2,1H3,(H,24,26)/t17-,18-/m0/s1. The van der Waals surface area contributed by atoms with Crippen molar-refractivity contribution in [1.29, 1.82) is 0 Å². The van der Waals surface area contributed by atoms with Gasteiger partial charge in [-0.3, -0.25) is 0 Å². The topological polar surface area (TPSA) is 53.6 Å². The van der Waals surface area contributed by atoms with Crippen LogP contribution in [0.4, 0.5) is 13.6 Å². The van der Waals surface area contributed by atoms with Crippen LogP contribution in [0.5, 0.6) is 5.75 Å². The predicted molar refractivity (Wildman–Crippen MR) is 101 cm³/mol. The van der Waals surface area contributed by atoms with Gasteiger partial charge in [0.05, 0.1) is 6.61 Å². The van der Waals surface area contributed by atoms with Gasteiger partial charge in [0.15, 0.2) is 0 Å². The number of hydrogen-bond donors (Lipinski definition) is 2. The molecule has 3 rings (SSSR count). The zero-order valence-corrected chi connectivity index (χ0v) is 15.8. The molecule has 5 nitrogen and oxygen atoms in total. The molecule has 1 aromatic carbocycles. The van der Waals surface area contributed by atoms with Crippen LogP contribution in [0.1, 0.15) is 44.1 Å². The Bertz CT molecular complexity index is 624. The van der Waals surface area contributed by atoms with Gasteiger partial charge < -0.3 is 20.3 Å². The molecule has 2 aliphatic heterocycles. The monoisotopic (exact) mass is 381 g/mol. The molecular formula is C20H29F2N3O2. The van der Waals surface area contributed by atoms with Crippen LogP contribution >= 0.6 is 0 Å². The number of carbonyl (C=O) groups excluding carboxylic acids is 1. The van der Waals surface area contributed by atoms with Crippen LogP contribution in [0.3, 0.4) is 0 Å². The summed E-state index contributed by atoms with van der Waals surface area (Å²) in [7, 11) is 0. The lowest BCUT2D eigenvalue weighted by molar-refractivity contribution is -0.0122. The maximum absolute atomic E-state index is 13.6. The van der Waals surface area contributed by atoms with E-state index in [0.717, 1.165) is 24.3 Å². The first-order chi connectivity index (χ1) is 13.0. The highest BCUT2D eigenvalue weighted by Crippen LogP contribution is 2.29. The Morgan fingerprint density at radius 1 is 1.30 bits per heavy atom. The molecule has 27 heavy (non-hydrogen) atoms. The lowest BCUT2D eigenvalue weighted by Crippen LogP contribution is -2.53. The number of nitrogens with zero attached hydrogens (tertiary/aromatic N) is 1. The molecule has 2 N–H and O–H groups in total. The quantitative estimate of drug-likeness (QED) is 0.841. The van der Waals surface area contributed by atoms with Crippen LogP contribution in [0.2, 0.25) is 0 Å². The van der Waals surface area contributed by atoms with Gasteiger partial charge >= 0.3 is 6.03 Å². The summed E-state index contributed by atoms with van der Waals surface area (Å²) in [6, 6.07) is 7.71. The molecule has 2 fully saturated rings. The van der Waals surface area contributed by atoms with Crippen molar-refractivity contribution in [3.05, 3.63) is 29.8 Å². The Hall–Kier alpha value is -1.89. The van der Waals surface area contributed by atoms with E-state index >= 15 is 0 Å². The lowest BCUT2D eigenvalue weighted by atomic mass is 9.86. The molecule has 2 atom stereocenters. The van der Waals surface area contributed by atoms with Crippen LogP contribution in [-0.4, -0.2) is 55.7 Å². The molecule has 150 valence electrons. The van der Waals surface area contributed by atoms with Crippen molar-refractivity contribution in [3.8, 4) is 5.75 Å². The normalized spacial score (nSPS) is 25.5. The Labute approximate surface area is 159 Å². The van der Waals surface area contributed by atoms with E-state index in [9.17, 15) is 13.6 Å². The van der Waals surface area contributed by atoms with Gasteiger partial charge in [0, 0.05) is 44.4 Å². The van der Waals surface area contributed by atoms with Crippen molar-refractivity contribution in [2.24, 2.45) is 0 Å². The van der Waals surface area contributed by atoms with Crippen molar-refractivity contribution in [1.82, 2.24) is 15.5 Å². The number of likely N-dealkylation sites (tertiary alicyclic amines) is 1. The summed E-state index contributed by atoms with van der Waals surface area (Å²) in [5.74, 6) is -1.63. The van der Waals surface area contributed by atoms with E-state index in [-0.39, 0.29) is 37.4 Å². The fourth-order valence-corrected chi connectivity index (χ4v) is 3.90. The van der Waals surface area contributed by atoms with Gasteiger partial charge in [-0.15, -0.1) is 0 Å². The van der Waals surface area contributed by atoms with Gasteiger partial charge in [-0.25, -0.2) is 13.6 Å². The van der Waals surface area contributed by atoms with Crippen LogP contribution in [0.15, 0.2) is 24.3 Å². The minimum absolute atomic E-state index is 0.0621. The van der Waals surface area contributed by atoms with Gasteiger partial charge in [0.1, 0.15) is 5.75 Å². The highest BCUT2D eigenvalue weighted by molar-refractivity contribution is 5.74. The van der Waals surface area contributed by atoms with Gasteiger partial charge in [-0.05, 0) is 44.0 Å². The summed E-state index contributed by atoms with van der Waals surface area (Å²) < 4.78 is 32.6. The average molecular weight is 381 g/mol. The van der Waals surface area contributed by atoms with Crippen molar-refractivity contribution >= 4 is 6.03 Å². The summed E-state index contributed by atoms with van der Waals surface area (Å²) in [5, 5.41) is 6.40. The molecule has 2 heterocycles. The van der Waals surface area contributed by atoms with Crippen molar-refractivity contribution in [3.63, 3.8) is 0 Å². The number of ether oxygens (including phenoxy) is 1. The summed E-state index contributed by atoms with van der Waals surface area (Å²) in [4.78, 5) is 14.2. The maximum Gasteiger partial charge on any atom is 0.317 e. The second-order valence-electron chi connectivity index (χ2n) is 7.35. The minimum Gasteiger partial charge on any atom is -0.494 e. The zero-order valence-electron chi connectivity index (χ0n) is 15.8. The van der Waals surface area contributed by atoms with E-state index in [4.69, 9.17) is 4.74 Å². The average Bonchev–Trinajstić information content (AvgIpc) is 2.84. The van der Waals surface area contributed by atoms with Crippen LogP contribution in [0.25, 0.3) is 0 Å². The number of amides is 2. The Kier molecular flexibility index (Phi) is 6.52. The van der Waals surface area contributed by atoms with E-state index in [0.29, 0.717) is 26.1 Å². The largest absolute Gasteiger partial charge is 0.494 e. The second kappa shape index (κ2) is 8.87. The van der Waals surface area contributed by atoms with Crippen LogP contribution < -0.4 is 15.4 Å². The van der Waals surface area contributed by atoms with Crippen LogP contribution in [0, 0.1) is 0 Å². The van der Waals surface area contributed by atoms with E-state index in [2.05, 4.69) is 10.6 Å². The molecule has 2 amide bonds. The van der Waals surface area contributed by atoms with Gasteiger partial charge in [0.2, 0.25) is 5.92 Å². The van der Waals surface area contributed by atoms with E-state index in [1.54, 1.807) is 0 Å². The zero-order chi connectivity index (χ0) is 19.3. The third-order valence-corrected chi connectivity index (χ3v) is 5.42. The Morgan fingerprint density at radius 2 is 2.07 bits per heavy atom. The first kappa shape index (κ1) is 19.9. The summed E-state index contributed by atoms with van der Waals surface area (Å²) in [6.07, 6.45) is 0.852. The summed E-state index contributed by atoms with van der Waals surface area (Å²) >= 11 is 0. The molecule has 7 heteroatoms. The fourth-order valence-electron chi connectivity index (χ4n) is 3.90. The first-order valence-corrected chi connectivity index (χ1v) is 9.85. The van der Waals surface area contributed by atoms with E-state index in [1.807, 2.05) is 31.2 Å². The fraction of sp³-hybridized carbons (Fsp3) is 0.650.